The van der Waals surface area contributed by atoms with Crippen LogP contribution in [0, 0.1) is 6.92 Å². The molecule has 0 amide bonds. The molecular formula is C16H21N7. The average Bonchev–Trinajstić information content (AvgIpc) is 3.17. The van der Waals surface area contributed by atoms with Crippen LogP contribution in [0.3, 0.4) is 0 Å². The largest absolute Gasteiger partial charge is 0.350 e. The van der Waals surface area contributed by atoms with Gasteiger partial charge in [-0.2, -0.15) is 10.1 Å². The fourth-order valence-corrected chi connectivity index (χ4v) is 3.12. The zero-order valence-electron chi connectivity index (χ0n) is 13.2. The Morgan fingerprint density at radius 1 is 1.26 bits per heavy atom. The molecule has 23 heavy (non-hydrogen) atoms. The summed E-state index contributed by atoms with van der Waals surface area (Å²) in [5.74, 6) is 2.18. The molecule has 7 heteroatoms. The Bertz CT molecular complexity index is 798. The number of hydrogen-bond donors (Lipinski definition) is 3. The summed E-state index contributed by atoms with van der Waals surface area (Å²) in [6.45, 7) is 1.97. The van der Waals surface area contributed by atoms with Gasteiger partial charge in [0, 0.05) is 24.0 Å². The first kappa shape index (κ1) is 14.0. The molecule has 3 N–H and O–H groups in total. The van der Waals surface area contributed by atoms with Crippen molar-refractivity contribution in [2.24, 2.45) is 0 Å². The summed E-state index contributed by atoms with van der Waals surface area (Å²) in [4.78, 5) is 4.66. The molecule has 3 aromatic rings. The normalized spacial score (nSPS) is 15.9. The van der Waals surface area contributed by atoms with Crippen molar-refractivity contribution in [3.05, 3.63) is 30.1 Å². The molecule has 3 heterocycles. The molecule has 0 aromatic carbocycles. The summed E-state index contributed by atoms with van der Waals surface area (Å²) in [5.41, 5.74) is 1.94. The molecule has 1 aliphatic carbocycles. The van der Waals surface area contributed by atoms with Crippen molar-refractivity contribution in [3.8, 4) is 0 Å². The minimum absolute atomic E-state index is 0.470. The molecule has 0 aliphatic heterocycles. The highest BCUT2D eigenvalue weighted by molar-refractivity contribution is 5.73. The Labute approximate surface area is 134 Å². The second-order valence-electron chi connectivity index (χ2n) is 6.16. The molecule has 0 unspecified atom stereocenters. The zero-order chi connectivity index (χ0) is 15.6. The third-order valence-corrected chi connectivity index (χ3v) is 4.28. The molecule has 0 bridgehead atoms. The predicted molar refractivity (Wildman–Crippen MR) is 90.1 cm³/mol. The van der Waals surface area contributed by atoms with E-state index in [0.29, 0.717) is 12.0 Å². The maximum atomic E-state index is 4.66. The highest BCUT2D eigenvalue weighted by Gasteiger charge is 2.16. The number of nitrogens with one attached hydrogen (secondary N) is 3. The van der Waals surface area contributed by atoms with Gasteiger partial charge in [-0.3, -0.25) is 5.10 Å². The first-order valence-corrected chi connectivity index (χ1v) is 8.19. The van der Waals surface area contributed by atoms with Crippen LogP contribution < -0.4 is 10.6 Å². The average molecular weight is 311 g/mol. The fourth-order valence-electron chi connectivity index (χ4n) is 3.12. The SMILES string of the molecule is Cc1cc(Nc2nc(NC3CCCCC3)nn3cccc23)n[nH]1. The van der Waals surface area contributed by atoms with Crippen molar-refractivity contribution < 1.29 is 0 Å². The molecule has 0 radical (unpaired) electrons. The van der Waals surface area contributed by atoms with Crippen LogP contribution in [0.4, 0.5) is 17.6 Å². The monoisotopic (exact) mass is 311 g/mol. The van der Waals surface area contributed by atoms with E-state index in [2.05, 4.69) is 30.9 Å². The molecule has 7 nitrogen and oxygen atoms in total. The second kappa shape index (κ2) is 5.91. The van der Waals surface area contributed by atoms with Crippen molar-refractivity contribution in [1.29, 1.82) is 0 Å². The van der Waals surface area contributed by atoms with E-state index in [9.17, 15) is 0 Å². The maximum absolute atomic E-state index is 4.66. The Morgan fingerprint density at radius 3 is 2.91 bits per heavy atom. The van der Waals surface area contributed by atoms with Crippen LogP contribution >= 0.6 is 0 Å². The quantitative estimate of drug-likeness (QED) is 0.689. The number of aromatic nitrogens is 5. The van der Waals surface area contributed by atoms with Gasteiger partial charge in [0.05, 0.1) is 0 Å². The number of rotatable bonds is 4. The smallest absolute Gasteiger partial charge is 0.243 e. The van der Waals surface area contributed by atoms with E-state index in [-0.39, 0.29) is 0 Å². The van der Waals surface area contributed by atoms with E-state index in [4.69, 9.17) is 0 Å². The van der Waals surface area contributed by atoms with Crippen LogP contribution in [0.2, 0.25) is 0 Å². The highest BCUT2D eigenvalue weighted by Crippen LogP contribution is 2.23. The van der Waals surface area contributed by atoms with Crippen LogP contribution in [0.1, 0.15) is 37.8 Å². The standard InChI is InChI=1S/C16H21N7/c1-11-10-14(21-20-11)18-15-13-8-5-9-23(13)22-16(19-15)17-12-6-3-2-4-7-12/h5,8-10,12H,2-4,6-7H2,1H3,(H3,17,18,19,20,21,22). The molecule has 120 valence electrons. The van der Waals surface area contributed by atoms with Gasteiger partial charge < -0.3 is 10.6 Å². The minimum atomic E-state index is 0.470. The van der Waals surface area contributed by atoms with Crippen molar-refractivity contribution in [1.82, 2.24) is 24.8 Å². The molecular weight excluding hydrogens is 290 g/mol. The van der Waals surface area contributed by atoms with Gasteiger partial charge in [-0.1, -0.05) is 19.3 Å². The number of H-pyrrole nitrogens is 1. The summed E-state index contributed by atoms with van der Waals surface area (Å²) in [5, 5.41) is 18.5. The number of nitrogens with zero attached hydrogens (tertiary/aromatic N) is 4. The number of fused-ring (bicyclic) bond motifs is 1. The van der Waals surface area contributed by atoms with Gasteiger partial charge in [0.15, 0.2) is 11.6 Å². The van der Waals surface area contributed by atoms with Crippen LogP contribution in [0.25, 0.3) is 5.52 Å². The summed E-state index contributed by atoms with van der Waals surface area (Å²) >= 11 is 0. The van der Waals surface area contributed by atoms with E-state index in [1.807, 2.05) is 35.8 Å². The molecule has 0 spiro atoms. The Kier molecular flexibility index (Phi) is 3.61. The lowest BCUT2D eigenvalue weighted by Crippen LogP contribution is -2.24. The van der Waals surface area contributed by atoms with E-state index in [1.165, 1.54) is 32.1 Å². The van der Waals surface area contributed by atoms with E-state index in [0.717, 1.165) is 22.8 Å². The van der Waals surface area contributed by atoms with E-state index < -0.39 is 0 Å². The van der Waals surface area contributed by atoms with Crippen LogP contribution in [-0.4, -0.2) is 30.8 Å². The van der Waals surface area contributed by atoms with Gasteiger partial charge in [-0.05, 0) is 31.9 Å². The first-order valence-electron chi connectivity index (χ1n) is 8.19. The Hall–Kier alpha value is -2.57. The molecule has 1 fully saturated rings. The van der Waals surface area contributed by atoms with Crippen molar-refractivity contribution >= 4 is 23.1 Å². The lowest BCUT2D eigenvalue weighted by atomic mass is 9.96. The number of hydrogen-bond acceptors (Lipinski definition) is 5. The van der Waals surface area contributed by atoms with Crippen molar-refractivity contribution in [2.75, 3.05) is 10.6 Å². The van der Waals surface area contributed by atoms with Gasteiger partial charge in [-0.15, -0.1) is 5.10 Å². The molecule has 0 saturated heterocycles. The summed E-state index contributed by atoms with van der Waals surface area (Å²) in [7, 11) is 0. The fraction of sp³-hybridized carbons (Fsp3) is 0.438. The number of anilines is 3. The number of aromatic amines is 1. The molecule has 1 saturated carbocycles. The highest BCUT2D eigenvalue weighted by atomic mass is 15.3. The minimum Gasteiger partial charge on any atom is -0.350 e. The molecule has 1 aliphatic rings. The second-order valence-corrected chi connectivity index (χ2v) is 6.16. The third-order valence-electron chi connectivity index (χ3n) is 4.28. The molecule has 3 aromatic heterocycles. The van der Waals surface area contributed by atoms with Crippen LogP contribution in [0.15, 0.2) is 24.4 Å². The van der Waals surface area contributed by atoms with Crippen molar-refractivity contribution in [2.45, 2.75) is 45.1 Å². The topological polar surface area (TPSA) is 82.9 Å². The lowest BCUT2D eigenvalue weighted by Gasteiger charge is -2.22. The summed E-state index contributed by atoms with van der Waals surface area (Å²) < 4.78 is 1.85. The van der Waals surface area contributed by atoms with Gasteiger partial charge >= 0.3 is 0 Å². The van der Waals surface area contributed by atoms with Crippen LogP contribution in [0.5, 0.6) is 0 Å². The zero-order valence-corrected chi connectivity index (χ0v) is 13.2. The van der Waals surface area contributed by atoms with E-state index in [1.54, 1.807) is 0 Å². The van der Waals surface area contributed by atoms with Crippen molar-refractivity contribution in [3.63, 3.8) is 0 Å². The van der Waals surface area contributed by atoms with E-state index >= 15 is 0 Å². The van der Waals surface area contributed by atoms with Gasteiger partial charge in [0.2, 0.25) is 5.95 Å². The third kappa shape index (κ3) is 2.99. The molecule has 0 atom stereocenters. The summed E-state index contributed by atoms with van der Waals surface area (Å²) in [6.07, 6.45) is 8.20. The van der Waals surface area contributed by atoms with Crippen LogP contribution in [-0.2, 0) is 0 Å². The molecule has 4 rings (SSSR count). The Morgan fingerprint density at radius 2 is 2.13 bits per heavy atom. The van der Waals surface area contributed by atoms with Gasteiger partial charge in [-0.25, -0.2) is 4.52 Å². The number of aryl methyl sites for hydroxylation is 1. The van der Waals surface area contributed by atoms with Gasteiger partial charge in [0.1, 0.15) is 5.52 Å². The lowest BCUT2D eigenvalue weighted by molar-refractivity contribution is 0.460. The predicted octanol–water partition coefficient (Wildman–Crippen LogP) is 3.25. The Balaban J connectivity index is 1.63. The maximum Gasteiger partial charge on any atom is 0.243 e. The van der Waals surface area contributed by atoms with Gasteiger partial charge in [0.25, 0.3) is 0 Å². The summed E-state index contributed by atoms with van der Waals surface area (Å²) in [6, 6.07) is 6.38. The first-order chi connectivity index (χ1) is 11.3.